The van der Waals surface area contributed by atoms with Gasteiger partial charge in [-0.2, -0.15) is 8.78 Å². The molecule has 2 aromatic carbocycles. The van der Waals surface area contributed by atoms with Crippen molar-refractivity contribution in [2.24, 2.45) is 0 Å². The summed E-state index contributed by atoms with van der Waals surface area (Å²) >= 11 is 1.56. The Kier molecular flexibility index (Phi) is 6.99. The zero-order chi connectivity index (χ0) is 17.4. The number of amides is 1. The van der Waals surface area contributed by atoms with Gasteiger partial charge in [-0.25, -0.2) is 4.39 Å². The SMILES string of the molecule is O=C(NCCCSc1ccc(F)cc1)c1cccc(OC(F)F)c1. The predicted molar refractivity (Wildman–Crippen MR) is 87.1 cm³/mol. The molecular weight excluding hydrogens is 339 g/mol. The lowest BCUT2D eigenvalue weighted by Gasteiger charge is -2.08. The molecule has 7 heteroatoms. The lowest BCUT2D eigenvalue weighted by atomic mass is 10.2. The first-order valence-corrected chi connectivity index (χ1v) is 8.24. The summed E-state index contributed by atoms with van der Waals surface area (Å²) in [7, 11) is 0. The number of carbonyl (C=O) groups is 1. The van der Waals surface area contributed by atoms with Crippen molar-refractivity contribution in [3.05, 3.63) is 59.9 Å². The molecule has 0 spiro atoms. The Morgan fingerprint density at radius 3 is 2.62 bits per heavy atom. The fourth-order valence-corrected chi connectivity index (χ4v) is 2.76. The van der Waals surface area contributed by atoms with Crippen LogP contribution in [-0.2, 0) is 0 Å². The summed E-state index contributed by atoms with van der Waals surface area (Å²) in [5, 5.41) is 2.72. The Hall–Kier alpha value is -2.15. The summed E-state index contributed by atoms with van der Waals surface area (Å²) in [6, 6.07) is 11.9. The Morgan fingerprint density at radius 1 is 1.17 bits per heavy atom. The summed E-state index contributed by atoms with van der Waals surface area (Å²) in [5.74, 6) is 0.0937. The van der Waals surface area contributed by atoms with Gasteiger partial charge in [0.05, 0.1) is 0 Å². The first kappa shape index (κ1) is 18.2. The summed E-state index contributed by atoms with van der Waals surface area (Å²) in [6.07, 6.45) is 0.723. The first-order chi connectivity index (χ1) is 11.5. The summed E-state index contributed by atoms with van der Waals surface area (Å²) in [6.45, 7) is -2.47. The molecular formula is C17H16F3NO2S. The third-order valence-corrected chi connectivity index (χ3v) is 4.11. The Morgan fingerprint density at radius 2 is 1.92 bits per heavy atom. The van der Waals surface area contributed by atoms with Crippen LogP contribution >= 0.6 is 11.8 Å². The highest BCUT2D eigenvalue weighted by Crippen LogP contribution is 2.19. The molecule has 0 saturated heterocycles. The zero-order valence-electron chi connectivity index (χ0n) is 12.7. The van der Waals surface area contributed by atoms with Gasteiger partial charge < -0.3 is 10.1 Å². The van der Waals surface area contributed by atoms with Gasteiger partial charge in [-0.3, -0.25) is 4.79 Å². The maximum atomic E-state index is 12.8. The molecule has 0 unspecified atom stereocenters. The molecule has 128 valence electrons. The van der Waals surface area contributed by atoms with Crippen molar-refractivity contribution in [3.8, 4) is 5.75 Å². The molecule has 0 fully saturated rings. The molecule has 3 nitrogen and oxygen atoms in total. The highest BCUT2D eigenvalue weighted by molar-refractivity contribution is 7.99. The van der Waals surface area contributed by atoms with Crippen LogP contribution in [0.15, 0.2) is 53.4 Å². The van der Waals surface area contributed by atoms with Gasteiger partial charge in [0.15, 0.2) is 0 Å². The molecule has 0 aromatic heterocycles. The number of hydrogen-bond acceptors (Lipinski definition) is 3. The number of nitrogens with one attached hydrogen (secondary N) is 1. The largest absolute Gasteiger partial charge is 0.435 e. The molecule has 0 bridgehead atoms. The van der Waals surface area contributed by atoms with E-state index in [4.69, 9.17) is 0 Å². The molecule has 0 heterocycles. The third-order valence-electron chi connectivity index (χ3n) is 3.01. The number of alkyl halides is 2. The number of benzene rings is 2. The number of ether oxygens (including phenoxy) is 1. The van der Waals surface area contributed by atoms with Crippen LogP contribution in [0.3, 0.4) is 0 Å². The van der Waals surface area contributed by atoms with E-state index in [1.807, 2.05) is 0 Å². The summed E-state index contributed by atoms with van der Waals surface area (Å²) < 4.78 is 41.3. The Bertz CT molecular complexity index is 665. The minimum absolute atomic E-state index is 0.0514. The van der Waals surface area contributed by atoms with E-state index in [1.165, 1.54) is 36.4 Å². The topological polar surface area (TPSA) is 38.3 Å². The van der Waals surface area contributed by atoms with E-state index >= 15 is 0 Å². The van der Waals surface area contributed by atoms with Crippen LogP contribution in [0.25, 0.3) is 0 Å². The van der Waals surface area contributed by atoms with E-state index in [1.54, 1.807) is 23.9 Å². The van der Waals surface area contributed by atoms with Gasteiger partial charge in [0, 0.05) is 17.0 Å². The second-order valence-corrected chi connectivity index (χ2v) is 5.99. The van der Waals surface area contributed by atoms with E-state index in [2.05, 4.69) is 10.1 Å². The van der Waals surface area contributed by atoms with Crippen molar-refractivity contribution in [1.82, 2.24) is 5.32 Å². The molecule has 1 N–H and O–H groups in total. The van der Waals surface area contributed by atoms with E-state index < -0.39 is 6.61 Å². The van der Waals surface area contributed by atoms with Crippen molar-refractivity contribution < 1.29 is 22.7 Å². The molecule has 0 saturated carbocycles. The number of halogens is 3. The van der Waals surface area contributed by atoms with Gasteiger partial charge in [0.2, 0.25) is 0 Å². The smallest absolute Gasteiger partial charge is 0.387 e. The normalized spacial score (nSPS) is 10.7. The molecule has 0 aliphatic carbocycles. The number of carbonyl (C=O) groups excluding carboxylic acids is 1. The van der Waals surface area contributed by atoms with E-state index in [0.717, 1.165) is 17.1 Å². The van der Waals surface area contributed by atoms with Crippen LogP contribution in [0.4, 0.5) is 13.2 Å². The molecule has 2 rings (SSSR count). The van der Waals surface area contributed by atoms with Gasteiger partial charge in [-0.05, 0) is 54.6 Å². The van der Waals surface area contributed by atoms with Crippen LogP contribution in [-0.4, -0.2) is 24.8 Å². The van der Waals surface area contributed by atoms with Crippen LogP contribution < -0.4 is 10.1 Å². The van der Waals surface area contributed by atoms with Crippen LogP contribution in [0.5, 0.6) is 5.75 Å². The van der Waals surface area contributed by atoms with E-state index in [0.29, 0.717) is 6.54 Å². The number of hydrogen-bond donors (Lipinski definition) is 1. The van der Waals surface area contributed by atoms with Gasteiger partial charge in [-0.1, -0.05) is 6.07 Å². The summed E-state index contributed by atoms with van der Waals surface area (Å²) in [4.78, 5) is 12.9. The molecule has 2 aromatic rings. The molecule has 24 heavy (non-hydrogen) atoms. The van der Waals surface area contributed by atoms with Crippen molar-refractivity contribution >= 4 is 17.7 Å². The predicted octanol–water partition coefficient (Wildman–Crippen LogP) is 4.34. The van der Waals surface area contributed by atoms with Crippen molar-refractivity contribution in [2.75, 3.05) is 12.3 Å². The highest BCUT2D eigenvalue weighted by Gasteiger charge is 2.09. The standard InChI is InChI=1S/C17H16F3NO2S/c18-13-5-7-15(8-6-13)24-10-2-9-21-16(22)12-3-1-4-14(11-12)23-17(19)20/h1,3-8,11,17H,2,9-10H2,(H,21,22). The van der Waals surface area contributed by atoms with Crippen molar-refractivity contribution in [1.29, 1.82) is 0 Å². The van der Waals surface area contributed by atoms with Crippen molar-refractivity contribution in [3.63, 3.8) is 0 Å². The fraction of sp³-hybridized carbons (Fsp3) is 0.235. The van der Waals surface area contributed by atoms with Gasteiger partial charge in [0.25, 0.3) is 5.91 Å². The molecule has 0 radical (unpaired) electrons. The molecule has 0 atom stereocenters. The monoisotopic (exact) mass is 355 g/mol. The zero-order valence-corrected chi connectivity index (χ0v) is 13.5. The van der Waals surface area contributed by atoms with E-state index in [9.17, 15) is 18.0 Å². The molecule has 0 aliphatic rings. The van der Waals surface area contributed by atoms with Crippen LogP contribution in [0, 0.1) is 5.82 Å². The molecule has 0 aliphatic heterocycles. The minimum atomic E-state index is -2.92. The third kappa shape index (κ3) is 6.16. The van der Waals surface area contributed by atoms with Crippen LogP contribution in [0.2, 0.25) is 0 Å². The second kappa shape index (κ2) is 9.22. The van der Waals surface area contributed by atoms with Crippen molar-refractivity contribution in [2.45, 2.75) is 17.9 Å². The highest BCUT2D eigenvalue weighted by atomic mass is 32.2. The van der Waals surface area contributed by atoms with Crippen LogP contribution in [0.1, 0.15) is 16.8 Å². The minimum Gasteiger partial charge on any atom is -0.435 e. The fourth-order valence-electron chi connectivity index (χ4n) is 1.91. The first-order valence-electron chi connectivity index (χ1n) is 7.26. The maximum absolute atomic E-state index is 12.8. The van der Waals surface area contributed by atoms with Gasteiger partial charge in [0.1, 0.15) is 11.6 Å². The quantitative estimate of drug-likeness (QED) is 0.565. The lowest BCUT2D eigenvalue weighted by molar-refractivity contribution is -0.0498. The number of thioether (sulfide) groups is 1. The Balaban J connectivity index is 1.72. The number of rotatable bonds is 8. The lowest BCUT2D eigenvalue weighted by Crippen LogP contribution is -2.24. The Labute approximate surface area is 142 Å². The molecule has 1 amide bonds. The van der Waals surface area contributed by atoms with Gasteiger partial charge in [-0.15, -0.1) is 11.8 Å². The maximum Gasteiger partial charge on any atom is 0.387 e. The van der Waals surface area contributed by atoms with Gasteiger partial charge >= 0.3 is 6.61 Å². The summed E-state index contributed by atoms with van der Waals surface area (Å²) in [5.41, 5.74) is 0.263. The average Bonchev–Trinajstić information content (AvgIpc) is 2.55. The second-order valence-electron chi connectivity index (χ2n) is 4.82. The average molecular weight is 355 g/mol. The van der Waals surface area contributed by atoms with E-state index in [-0.39, 0.29) is 23.0 Å².